The molecule has 1 aromatic rings. The number of rotatable bonds is 4. The number of carbonyl (C=O) groups is 1. The number of carboxylic acid groups (broad SMARTS) is 1. The molecule has 4 rings (SSSR count). The van der Waals surface area contributed by atoms with Crippen molar-refractivity contribution in [1.29, 1.82) is 0 Å². The first-order valence-electron chi connectivity index (χ1n) is 11.5. The summed E-state index contributed by atoms with van der Waals surface area (Å²) < 4.78 is 0. The van der Waals surface area contributed by atoms with Gasteiger partial charge in [-0.15, -0.1) is 0 Å². The standard InChI is InChI=1S/C24H37N3O2/c1-19(2)7-12-25-17-20-5-3-4-6-22(20)24(18-25)10-15-26(16-11-24)21-8-13-27(14-9-21)23(28)29/h3-6,19,21H,7-18H2,1-2H3,(H,28,29). The summed E-state index contributed by atoms with van der Waals surface area (Å²) in [6.45, 7) is 11.8. The first-order chi connectivity index (χ1) is 14.0. The molecule has 5 nitrogen and oxygen atoms in total. The van der Waals surface area contributed by atoms with Crippen LogP contribution in [0, 0.1) is 5.92 Å². The number of amides is 1. The first-order valence-corrected chi connectivity index (χ1v) is 11.5. The summed E-state index contributed by atoms with van der Waals surface area (Å²) in [5.41, 5.74) is 3.43. The van der Waals surface area contributed by atoms with E-state index in [9.17, 15) is 9.90 Å². The number of nitrogens with zero attached hydrogens (tertiary/aromatic N) is 3. The second kappa shape index (κ2) is 8.65. The van der Waals surface area contributed by atoms with E-state index in [2.05, 4.69) is 47.9 Å². The fraction of sp³-hybridized carbons (Fsp3) is 0.708. The molecule has 0 atom stereocenters. The van der Waals surface area contributed by atoms with E-state index in [0.717, 1.165) is 38.4 Å². The number of fused-ring (bicyclic) bond motifs is 2. The smallest absolute Gasteiger partial charge is 0.407 e. The highest BCUT2D eigenvalue weighted by Gasteiger charge is 2.43. The van der Waals surface area contributed by atoms with Crippen LogP contribution in [0.3, 0.4) is 0 Å². The number of piperidine rings is 2. The Bertz CT molecular complexity index is 704. The van der Waals surface area contributed by atoms with E-state index in [1.165, 1.54) is 37.9 Å². The van der Waals surface area contributed by atoms with Gasteiger partial charge >= 0.3 is 6.09 Å². The molecule has 29 heavy (non-hydrogen) atoms. The minimum Gasteiger partial charge on any atom is -0.465 e. The van der Waals surface area contributed by atoms with Gasteiger partial charge in [-0.3, -0.25) is 4.90 Å². The molecule has 1 N–H and O–H groups in total. The Balaban J connectivity index is 1.42. The zero-order chi connectivity index (χ0) is 20.4. The minimum absolute atomic E-state index is 0.296. The molecule has 160 valence electrons. The predicted molar refractivity (Wildman–Crippen MR) is 116 cm³/mol. The molecule has 0 unspecified atom stereocenters. The van der Waals surface area contributed by atoms with Crippen LogP contribution < -0.4 is 0 Å². The first kappa shape index (κ1) is 20.7. The van der Waals surface area contributed by atoms with E-state index < -0.39 is 6.09 Å². The zero-order valence-corrected chi connectivity index (χ0v) is 18.1. The molecular weight excluding hydrogens is 362 g/mol. The van der Waals surface area contributed by atoms with E-state index in [0.29, 0.717) is 24.5 Å². The quantitative estimate of drug-likeness (QED) is 0.831. The molecule has 1 spiro atoms. The second-order valence-electron chi connectivity index (χ2n) is 9.87. The molecule has 0 aliphatic carbocycles. The van der Waals surface area contributed by atoms with Crippen LogP contribution in [0.15, 0.2) is 24.3 Å². The van der Waals surface area contributed by atoms with E-state index in [1.54, 1.807) is 10.5 Å². The van der Waals surface area contributed by atoms with Gasteiger partial charge in [0.05, 0.1) is 0 Å². The summed E-state index contributed by atoms with van der Waals surface area (Å²) in [5.74, 6) is 0.752. The van der Waals surface area contributed by atoms with Gasteiger partial charge in [0.1, 0.15) is 0 Å². The molecule has 2 saturated heterocycles. The predicted octanol–water partition coefficient (Wildman–Crippen LogP) is 4.02. The lowest BCUT2D eigenvalue weighted by Crippen LogP contribution is -2.55. The van der Waals surface area contributed by atoms with Crippen LogP contribution in [0.5, 0.6) is 0 Å². The average molecular weight is 400 g/mol. The Labute approximate surface area is 175 Å². The van der Waals surface area contributed by atoms with Crippen LogP contribution in [-0.4, -0.2) is 71.2 Å². The van der Waals surface area contributed by atoms with Gasteiger partial charge in [0.2, 0.25) is 0 Å². The highest BCUT2D eigenvalue weighted by molar-refractivity contribution is 5.65. The van der Waals surface area contributed by atoms with Gasteiger partial charge < -0.3 is 14.9 Å². The van der Waals surface area contributed by atoms with Gasteiger partial charge in [-0.2, -0.15) is 0 Å². The van der Waals surface area contributed by atoms with Gasteiger partial charge in [-0.25, -0.2) is 4.79 Å². The third kappa shape index (κ3) is 4.46. The van der Waals surface area contributed by atoms with Gasteiger partial charge in [-0.1, -0.05) is 38.1 Å². The topological polar surface area (TPSA) is 47.0 Å². The number of hydrogen-bond donors (Lipinski definition) is 1. The van der Waals surface area contributed by atoms with E-state index >= 15 is 0 Å². The molecule has 0 aromatic heterocycles. The molecule has 1 aromatic carbocycles. The molecule has 0 bridgehead atoms. The fourth-order valence-electron chi connectivity index (χ4n) is 5.75. The van der Waals surface area contributed by atoms with Crippen molar-refractivity contribution in [2.45, 2.75) is 64.0 Å². The lowest BCUT2D eigenvalue weighted by atomic mass is 9.68. The van der Waals surface area contributed by atoms with Crippen LogP contribution in [-0.2, 0) is 12.0 Å². The van der Waals surface area contributed by atoms with Gasteiger partial charge in [0, 0.05) is 37.6 Å². The molecule has 3 aliphatic heterocycles. The molecule has 2 fully saturated rings. The molecule has 1 amide bonds. The number of hydrogen-bond acceptors (Lipinski definition) is 3. The minimum atomic E-state index is -0.763. The largest absolute Gasteiger partial charge is 0.465 e. The Kier molecular flexibility index (Phi) is 6.16. The number of likely N-dealkylation sites (tertiary alicyclic amines) is 2. The molecule has 0 saturated carbocycles. The highest BCUT2D eigenvalue weighted by Crippen LogP contribution is 2.42. The summed E-state index contributed by atoms with van der Waals surface area (Å²) >= 11 is 0. The molecule has 5 heteroatoms. The molecule has 3 heterocycles. The normalized spacial score (nSPS) is 23.5. The average Bonchev–Trinajstić information content (AvgIpc) is 2.73. The molecule has 0 radical (unpaired) electrons. The lowest BCUT2D eigenvalue weighted by Gasteiger charge is -2.51. The van der Waals surface area contributed by atoms with Crippen LogP contribution >= 0.6 is 0 Å². The van der Waals surface area contributed by atoms with Crippen LogP contribution in [0.2, 0.25) is 0 Å². The summed E-state index contributed by atoms with van der Waals surface area (Å²) in [6.07, 6.45) is 4.92. The van der Waals surface area contributed by atoms with Gasteiger partial charge in [0.15, 0.2) is 0 Å². The van der Waals surface area contributed by atoms with Crippen molar-refractivity contribution in [2.24, 2.45) is 5.92 Å². The van der Waals surface area contributed by atoms with Crippen molar-refractivity contribution in [3.8, 4) is 0 Å². The van der Waals surface area contributed by atoms with Crippen molar-refractivity contribution in [2.75, 3.05) is 39.3 Å². The van der Waals surface area contributed by atoms with Crippen molar-refractivity contribution in [1.82, 2.24) is 14.7 Å². The molecular formula is C24H37N3O2. The van der Waals surface area contributed by atoms with Gasteiger partial charge in [0.25, 0.3) is 0 Å². The van der Waals surface area contributed by atoms with Crippen molar-refractivity contribution in [3.05, 3.63) is 35.4 Å². The van der Waals surface area contributed by atoms with Crippen molar-refractivity contribution in [3.63, 3.8) is 0 Å². The van der Waals surface area contributed by atoms with E-state index in [4.69, 9.17) is 0 Å². The maximum atomic E-state index is 11.2. The SMILES string of the molecule is CC(C)CCN1Cc2ccccc2C2(CCN(C3CCN(C(=O)O)CC3)CC2)C1. The van der Waals surface area contributed by atoms with Gasteiger partial charge in [-0.05, 0) is 68.8 Å². The highest BCUT2D eigenvalue weighted by atomic mass is 16.4. The van der Waals surface area contributed by atoms with Crippen LogP contribution in [0.25, 0.3) is 0 Å². The zero-order valence-electron chi connectivity index (χ0n) is 18.1. The maximum absolute atomic E-state index is 11.2. The van der Waals surface area contributed by atoms with Crippen LogP contribution in [0.4, 0.5) is 4.79 Å². The summed E-state index contributed by atoms with van der Waals surface area (Å²) in [6, 6.07) is 9.70. The Hall–Kier alpha value is -1.59. The Morgan fingerprint density at radius 1 is 1.14 bits per heavy atom. The summed E-state index contributed by atoms with van der Waals surface area (Å²) in [7, 11) is 0. The lowest BCUT2D eigenvalue weighted by molar-refractivity contribution is 0.0479. The van der Waals surface area contributed by atoms with Crippen molar-refractivity contribution >= 4 is 6.09 Å². The van der Waals surface area contributed by atoms with Crippen LogP contribution in [0.1, 0.15) is 57.1 Å². The fourth-order valence-corrected chi connectivity index (χ4v) is 5.75. The van der Waals surface area contributed by atoms with E-state index in [1.807, 2.05) is 0 Å². The third-order valence-corrected chi connectivity index (χ3v) is 7.54. The summed E-state index contributed by atoms with van der Waals surface area (Å²) in [5, 5.41) is 9.20. The van der Waals surface area contributed by atoms with Crippen molar-refractivity contribution < 1.29 is 9.90 Å². The third-order valence-electron chi connectivity index (χ3n) is 7.54. The Morgan fingerprint density at radius 2 is 1.83 bits per heavy atom. The Morgan fingerprint density at radius 3 is 2.48 bits per heavy atom. The summed E-state index contributed by atoms with van der Waals surface area (Å²) in [4.78, 5) is 18.1. The molecule has 3 aliphatic rings. The monoisotopic (exact) mass is 399 g/mol. The second-order valence-corrected chi connectivity index (χ2v) is 9.87. The maximum Gasteiger partial charge on any atom is 0.407 e. The van der Waals surface area contributed by atoms with E-state index in [-0.39, 0.29) is 0 Å². The number of benzene rings is 1.